The molecule has 10 N–H and O–H groups in total. The Bertz CT molecular complexity index is 32.2. The fourth-order valence-corrected chi connectivity index (χ4v) is 0. The minimum Gasteiger partial charge on any atom is -0.412 e. The number of hydrogen-bond acceptors (Lipinski definition) is 3. The standard InChI is InChI=1S/Ag.NO3.5H2O/c;2-1(3)4;;;;;/h;;5*1H2/q+1;-1;;;;;. The smallest absolute Gasteiger partial charge is 0.412 e. The molecule has 0 amide bonds. The van der Waals surface area contributed by atoms with Gasteiger partial charge in [-0.05, 0) is 0 Å². The average Bonchev–Trinajstić information content (AvgIpc) is 0.811. The van der Waals surface area contributed by atoms with Crippen LogP contribution in [-0.4, -0.2) is 32.5 Å². The first-order valence-corrected chi connectivity index (χ1v) is 0.548. The van der Waals surface area contributed by atoms with E-state index in [9.17, 15) is 0 Å². The average molecular weight is 260 g/mol. The van der Waals surface area contributed by atoms with Gasteiger partial charge >= 0.3 is 22.4 Å². The molecule has 0 aromatic heterocycles. The fourth-order valence-electron chi connectivity index (χ4n) is 0. The molecule has 10 heavy (non-hydrogen) atoms. The van der Waals surface area contributed by atoms with Crippen molar-refractivity contribution in [3.05, 3.63) is 15.3 Å². The Morgan fingerprint density at radius 3 is 0.800 bits per heavy atom. The minimum atomic E-state index is -1.75. The Balaban J connectivity index is -0.00000000300. The van der Waals surface area contributed by atoms with Crippen LogP contribution >= 0.6 is 0 Å². The van der Waals surface area contributed by atoms with E-state index in [-0.39, 0.29) is 49.8 Å². The molecule has 0 radical (unpaired) electrons. The van der Waals surface area contributed by atoms with Gasteiger partial charge < -0.3 is 42.7 Å². The summed E-state index contributed by atoms with van der Waals surface area (Å²) in [5.41, 5.74) is 0. The molecule has 0 saturated carbocycles. The van der Waals surface area contributed by atoms with Gasteiger partial charge in [0.05, 0.1) is 5.09 Å². The Morgan fingerprint density at radius 2 is 0.800 bits per heavy atom. The Labute approximate surface area is 70.8 Å². The molecule has 0 unspecified atom stereocenters. The normalized spacial score (nSPS) is 2.40. The molecule has 0 aliphatic heterocycles. The van der Waals surface area contributed by atoms with E-state index in [0.717, 1.165) is 0 Å². The first-order valence-electron chi connectivity index (χ1n) is 0.548. The summed E-state index contributed by atoms with van der Waals surface area (Å²) in [5.74, 6) is 0. The maximum Gasteiger partial charge on any atom is 1.00 e. The van der Waals surface area contributed by atoms with Gasteiger partial charge in [-0.2, -0.15) is 0 Å². The third-order valence-electron chi connectivity index (χ3n) is 0. The van der Waals surface area contributed by atoms with Crippen molar-refractivity contribution in [2.24, 2.45) is 0 Å². The predicted octanol–water partition coefficient (Wildman–Crippen LogP) is -4.37. The fraction of sp³-hybridized carbons (Fsp3) is 0. The predicted molar refractivity (Wildman–Crippen MR) is 28.4 cm³/mol. The minimum absolute atomic E-state index is 0. The van der Waals surface area contributed by atoms with Crippen LogP contribution < -0.4 is 0 Å². The van der Waals surface area contributed by atoms with Crippen LogP contribution in [0.15, 0.2) is 0 Å². The summed E-state index contributed by atoms with van der Waals surface area (Å²) >= 11 is 0. The van der Waals surface area contributed by atoms with Gasteiger partial charge in [0.1, 0.15) is 0 Å². The first kappa shape index (κ1) is 99.1. The summed E-state index contributed by atoms with van der Waals surface area (Å²) in [4.78, 5) is 8.25. The molecule has 0 aliphatic carbocycles. The second-order valence-electron chi connectivity index (χ2n) is 0.224. The van der Waals surface area contributed by atoms with Crippen LogP contribution in [0.4, 0.5) is 0 Å². The zero-order valence-corrected chi connectivity index (χ0v) is 5.96. The quantitative estimate of drug-likeness (QED) is 0.239. The van der Waals surface area contributed by atoms with E-state index < -0.39 is 5.09 Å². The van der Waals surface area contributed by atoms with E-state index in [1.165, 1.54) is 0 Å². The molecular weight excluding hydrogens is 250 g/mol. The van der Waals surface area contributed by atoms with Gasteiger partial charge in [-0.3, -0.25) is 0 Å². The van der Waals surface area contributed by atoms with E-state index in [1.807, 2.05) is 0 Å². The van der Waals surface area contributed by atoms with Crippen LogP contribution in [0.5, 0.6) is 0 Å². The summed E-state index contributed by atoms with van der Waals surface area (Å²) in [5, 5.41) is 14.8. The Hall–Kier alpha value is -0.260. The third-order valence-corrected chi connectivity index (χ3v) is 0. The van der Waals surface area contributed by atoms with Gasteiger partial charge in [0.25, 0.3) is 0 Å². The molecule has 0 atom stereocenters. The second-order valence-corrected chi connectivity index (χ2v) is 0.224. The van der Waals surface area contributed by atoms with Gasteiger partial charge in [0.15, 0.2) is 0 Å². The molecule has 0 rings (SSSR count). The molecule has 74 valence electrons. The molecule has 0 spiro atoms. The number of rotatable bonds is 0. The van der Waals surface area contributed by atoms with Crippen LogP contribution in [0.3, 0.4) is 0 Å². The monoisotopic (exact) mass is 259 g/mol. The van der Waals surface area contributed by atoms with E-state index in [0.29, 0.717) is 0 Å². The second kappa shape index (κ2) is 69.7. The van der Waals surface area contributed by atoms with Gasteiger partial charge in [-0.15, -0.1) is 0 Å². The van der Waals surface area contributed by atoms with Crippen LogP contribution in [0.25, 0.3) is 0 Å². The van der Waals surface area contributed by atoms with Gasteiger partial charge in [-0.25, -0.2) is 0 Å². The number of nitrogens with zero attached hydrogens (tertiary/aromatic N) is 1. The molecule has 0 fully saturated rings. The van der Waals surface area contributed by atoms with Crippen LogP contribution in [0.2, 0.25) is 0 Å². The van der Waals surface area contributed by atoms with Crippen molar-refractivity contribution in [1.29, 1.82) is 0 Å². The van der Waals surface area contributed by atoms with Crippen molar-refractivity contribution in [2.45, 2.75) is 0 Å². The molecule has 0 aromatic carbocycles. The van der Waals surface area contributed by atoms with Crippen LogP contribution in [0, 0.1) is 15.3 Å². The molecule has 9 nitrogen and oxygen atoms in total. The van der Waals surface area contributed by atoms with Crippen molar-refractivity contribution >= 4 is 0 Å². The van der Waals surface area contributed by atoms with E-state index in [4.69, 9.17) is 15.3 Å². The van der Waals surface area contributed by atoms with Crippen molar-refractivity contribution < 1.29 is 54.8 Å². The van der Waals surface area contributed by atoms with E-state index in [1.54, 1.807) is 0 Å². The van der Waals surface area contributed by atoms with Gasteiger partial charge in [0.2, 0.25) is 0 Å². The molecule has 0 bridgehead atoms. The molecule has 0 saturated heterocycles. The zero-order valence-electron chi connectivity index (χ0n) is 4.47. The SMILES string of the molecule is O.O.O.O.O.O=[N+]([O-])[O-].[Ag+]. The van der Waals surface area contributed by atoms with Crippen molar-refractivity contribution in [1.82, 2.24) is 0 Å². The van der Waals surface area contributed by atoms with Crippen molar-refractivity contribution in [3.8, 4) is 0 Å². The van der Waals surface area contributed by atoms with Crippen LogP contribution in [-0.2, 0) is 22.4 Å². The summed E-state index contributed by atoms with van der Waals surface area (Å²) < 4.78 is 0. The van der Waals surface area contributed by atoms with Gasteiger partial charge in [0, 0.05) is 0 Å². The van der Waals surface area contributed by atoms with Gasteiger partial charge in [-0.1, -0.05) is 0 Å². The maximum atomic E-state index is 8.25. The van der Waals surface area contributed by atoms with E-state index >= 15 is 0 Å². The summed E-state index contributed by atoms with van der Waals surface area (Å²) in [7, 11) is 0. The van der Waals surface area contributed by atoms with Crippen molar-refractivity contribution in [3.63, 3.8) is 0 Å². The Kier molecular flexibility index (Phi) is 691. The maximum absolute atomic E-state index is 8.25. The van der Waals surface area contributed by atoms with Crippen molar-refractivity contribution in [2.75, 3.05) is 0 Å². The van der Waals surface area contributed by atoms with E-state index in [2.05, 4.69) is 0 Å². The summed E-state index contributed by atoms with van der Waals surface area (Å²) in [6, 6.07) is 0. The summed E-state index contributed by atoms with van der Waals surface area (Å²) in [6.45, 7) is 0. The zero-order chi connectivity index (χ0) is 3.58. The third kappa shape index (κ3) is 5210. The topological polar surface area (TPSA) is 224 Å². The molecule has 0 heterocycles. The molecular formula is H10AgNO8. The Morgan fingerprint density at radius 1 is 0.800 bits per heavy atom. The molecule has 0 aromatic rings. The van der Waals surface area contributed by atoms with Crippen LogP contribution in [0.1, 0.15) is 0 Å². The number of hydrogen-bond donors (Lipinski definition) is 0. The molecule has 10 heteroatoms. The summed E-state index contributed by atoms with van der Waals surface area (Å²) in [6.07, 6.45) is 0. The first-order chi connectivity index (χ1) is 1.73. The largest absolute Gasteiger partial charge is 1.00 e. The molecule has 0 aliphatic rings.